The van der Waals surface area contributed by atoms with Gasteiger partial charge in [-0.15, -0.1) is 0 Å². The van der Waals surface area contributed by atoms with Crippen LogP contribution in [0.3, 0.4) is 0 Å². The Kier molecular flexibility index (Phi) is 6.33. The lowest BCUT2D eigenvalue weighted by Crippen LogP contribution is -2.40. The van der Waals surface area contributed by atoms with Crippen molar-refractivity contribution in [2.24, 2.45) is 0 Å². The third-order valence-electron chi connectivity index (χ3n) is 4.55. The smallest absolute Gasteiger partial charge is 0.241 e. The molecule has 0 aliphatic heterocycles. The summed E-state index contributed by atoms with van der Waals surface area (Å²) in [7, 11) is -3.58. The van der Waals surface area contributed by atoms with Crippen LogP contribution in [0.25, 0.3) is 5.69 Å². The van der Waals surface area contributed by atoms with Gasteiger partial charge in [-0.05, 0) is 41.8 Å². The monoisotopic (exact) mass is 412 g/mol. The Hall–Kier alpha value is -3.13. The van der Waals surface area contributed by atoms with E-state index in [1.807, 2.05) is 54.1 Å². The molecule has 0 aliphatic rings. The van der Waals surface area contributed by atoms with Gasteiger partial charge in [-0.2, -0.15) is 0 Å². The van der Waals surface area contributed by atoms with Gasteiger partial charge in [0.1, 0.15) is 6.54 Å². The zero-order valence-electron chi connectivity index (χ0n) is 16.4. The van der Waals surface area contributed by atoms with Crippen LogP contribution < -0.4 is 9.62 Å². The topological polar surface area (TPSA) is 84.3 Å². The van der Waals surface area contributed by atoms with Crippen LogP contribution in [0.2, 0.25) is 0 Å². The first-order valence-electron chi connectivity index (χ1n) is 9.27. The van der Waals surface area contributed by atoms with Crippen molar-refractivity contribution in [3.8, 4) is 5.69 Å². The lowest BCUT2D eigenvalue weighted by Gasteiger charge is -2.22. The number of benzene rings is 2. The summed E-state index contributed by atoms with van der Waals surface area (Å²) in [5, 5.41) is 2.78. The number of hydrogen-bond acceptors (Lipinski definition) is 4. The summed E-state index contributed by atoms with van der Waals surface area (Å²) in [6.45, 7) is 2.07. The normalized spacial score (nSPS) is 11.2. The fourth-order valence-electron chi connectivity index (χ4n) is 2.88. The molecule has 0 spiro atoms. The number of nitrogens with one attached hydrogen (secondary N) is 1. The van der Waals surface area contributed by atoms with Gasteiger partial charge in [0.25, 0.3) is 0 Å². The molecule has 0 radical (unpaired) electrons. The first kappa shape index (κ1) is 20.6. The van der Waals surface area contributed by atoms with Crippen LogP contribution in [0, 0.1) is 0 Å². The highest BCUT2D eigenvalue weighted by molar-refractivity contribution is 7.92. The number of aromatic nitrogens is 2. The van der Waals surface area contributed by atoms with Crippen molar-refractivity contribution >= 4 is 21.6 Å². The van der Waals surface area contributed by atoms with Crippen molar-refractivity contribution in [2.45, 2.75) is 19.9 Å². The van der Waals surface area contributed by atoms with Crippen LogP contribution >= 0.6 is 0 Å². The molecule has 152 valence electrons. The molecule has 0 bridgehead atoms. The van der Waals surface area contributed by atoms with E-state index >= 15 is 0 Å². The summed E-state index contributed by atoms with van der Waals surface area (Å²) in [5.41, 5.74) is 3.46. The summed E-state index contributed by atoms with van der Waals surface area (Å²) >= 11 is 0. The summed E-state index contributed by atoms with van der Waals surface area (Å²) < 4.78 is 27.4. The van der Waals surface area contributed by atoms with E-state index in [9.17, 15) is 13.2 Å². The predicted octanol–water partition coefficient (Wildman–Crippen LogP) is 2.52. The Balaban J connectivity index is 1.62. The molecule has 1 aromatic heterocycles. The third kappa shape index (κ3) is 5.45. The van der Waals surface area contributed by atoms with Crippen LogP contribution in [-0.2, 0) is 27.8 Å². The quantitative estimate of drug-likeness (QED) is 0.616. The molecule has 1 amide bonds. The molecule has 0 fully saturated rings. The number of nitrogens with zero attached hydrogens (tertiary/aromatic N) is 3. The second-order valence-corrected chi connectivity index (χ2v) is 8.61. The first-order valence-corrected chi connectivity index (χ1v) is 11.1. The molecule has 1 N–H and O–H groups in total. The summed E-state index contributed by atoms with van der Waals surface area (Å²) in [5.74, 6) is -0.367. The molecule has 0 atom stereocenters. The highest BCUT2D eigenvalue weighted by atomic mass is 32.2. The Morgan fingerprint density at radius 3 is 2.28 bits per heavy atom. The number of amides is 1. The van der Waals surface area contributed by atoms with Gasteiger partial charge in [0.05, 0.1) is 18.3 Å². The molecule has 1 heterocycles. The highest BCUT2D eigenvalue weighted by Gasteiger charge is 2.20. The van der Waals surface area contributed by atoms with Crippen molar-refractivity contribution in [3.63, 3.8) is 0 Å². The largest absolute Gasteiger partial charge is 0.350 e. The maximum Gasteiger partial charge on any atom is 0.241 e. The van der Waals surface area contributed by atoms with Gasteiger partial charge in [-0.1, -0.05) is 31.2 Å². The van der Waals surface area contributed by atoms with Crippen LogP contribution in [0.15, 0.2) is 67.3 Å². The van der Waals surface area contributed by atoms with Gasteiger partial charge in [-0.25, -0.2) is 13.4 Å². The van der Waals surface area contributed by atoms with E-state index in [-0.39, 0.29) is 12.5 Å². The average Bonchev–Trinajstić information content (AvgIpc) is 3.25. The standard InChI is InChI=1S/C21H24N4O3S/c1-3-17-4-10-20(11-5-17)25(29(2,27)28)15-21(26)23-14-18-6-8-19(9-7-18)24-13-12-22-16-24/h4-13,16H,3,14-15H2,1-2H3,(H,23,26). The number of anilines is 1. The number of carbonyl (C=O) groups excluding carboxylic acids is 1. The van der Waals surface area contributed by atoms with E-state index in [2.05, 4.69) is 10.3 Å². The fraction of sp³-hybridized carbons (Fsp3) is 0.238. The summed E-state index contributed by atoms with van der Waals surface area (Å²) in [6.07, 6.45) is 7.23. The molecule has 3 aromatic rings. The van der Waals surface area contributed by atoms with E-state index < -0.39 is 10.0 Å². The second-order valence-electron chi connectivity index (χ2n) is 6.70. The fourth-order valence-corrected chi connectivity index (χ4v) is 3.74. The highest BCUT2D eigenvalue weighted by Crippen LogP contribution is 2.18. The molecule has 7 nitrogen and oxygen atoms in total. The second kappa shape index (κ2) is 8.91. The lowest BCUT2D eigenvalue weighted by molar-refractivity contribution is -0.119. The molecule has 8 heteroatoms. The predicted molar refractivity (Wildman–Crippen MR) is 113 cm³/mol. The van der Waals surface area contributed by atoms with Gasteiger partial charge in [0.15, 0.2) is 0 Å². The van der Waals surface area contributed by atoms with E-state index in [1.165, 1.54) is 0 Å². The number of rotatable bonds is 8. The molecule has 0 unspecified atom stereocenters. The minimum atomic E-state index is -3.58. The third-order valence-corrected chi connectivity index (χ3v) is 5.69. The van der Waals surface area contributed by atoms with Crippen molar-refractivity contribution < 1.29 is 13.2 Å². The maximum absolute atomic E-state index is 12.4. The van der Waals surface area contributed by atoms with Gasteiger partial charge in [-0.3, -0.25) is 9.10 Å². The van der Waals surface area contributed by atoms with Gasteiger partial charge in [0.2, 0.25) is 15.9 Å². The molecule has 0 saturated carbocycles. The van der Waals surface area contributed by atoms with Crippen molar-refractivity contribution in [2.75, 3.05) is 17.1 Å². The number of hydrogen-bond donors (Lipinski definition) is 1. The number of aryl methyl sites for hydroxylation is 1. The van der Waals surface area contributed by atoms with E-state index in [0.717, 1.165) is 33.8 Å². The number of sulfonamides is 1. The van der Waals surface area contributed by atoms with Gasteiger partial charge >= 0.3 is 0 Å². The maximum atomic E-state index is 12.4. The van der Waals surface area contributed by atoms with Crippen molar-refractivity contribution in [3.05, 3.63) is 78.4 Å². The molecule has 0 saturated heterocycles. The Morgan fingerprint density at radius 1 is 1.07 bits per heavy atom. The Labute approximate surface area is 171 Å². The van der Waals surface area contributed by atoms with Crippen molar-refractivity contribution in [1.82, 2.24) is 14.9 Å². The van der Waals surface area contributed by atoms with Crippen LogP contribution in [-0.4, -0.2) is 36.7 Å². The zero-order chi connectivity index (χ0) is 20.9. The molecular weight excluding hydrogens is 388 g/mol. The molecule has 2 aromatic carbocycles. The van der Waals surface area contributed by atoms with Crippen LogP contribution in [0.1, 0.15) is 18.1 Å². The molecule has 3 rings (SSSR count). The number of carbonyl (C=O) groups is 1. The minimum absolute atomic E-state index is 0.266. The minimum Gasteiger partial charge on any atom is -0.350 e. The number of imidazole rings is 1. The van der Waals surface area contributed by atoms with Crippen molar-refractivity contribution in [1.29, 1.82) is 0 Å². The van der Waals surface area contributed by atoms with E-state index in [0.29, 0.717) is 12.2 Å². The molecular formula is C21H24N4O3S. The zero-order valence-corrected chi connectivity index (χ0v) is 17.3. The summed E-state index contributed by atoms with van der Waals surface area (Å²) in [4.78, 5) is 16.4. The SMILES string of the molecule is CCc1ccc(N(CC(=O)NCc2ccc(-n3ccnc3)cc2)S(C)(=O)=O)cc1. The molecule has 29 heavy (non-hydrogen) atoms. The van der Waals surface area contributed by atoms with Gasteiger partial charge in [0, 0.05) is 24.6 Å². The van der Waals surface area contributed by atoms with Crippen LogP contribution in [0.5, 0.6) is 0 Å². The molecule has 0 aliphatic carbocycles. The Morgan fingerprint density at radius 2 is 1.72 bits per heavy atom. The average molecular weight is 413 g/mol. The summed E-state index contributed by atoms with van der Waals surface area (Å²) in [6, 6.07) is 14.9. The van der Waals surface area contributed by atoms with E-state index in [4.69, 9.17) is 0 Å². The first-order chi connectivity index (χ1) is 13.9. The van der Waals surface area contributed by atoms with Gasteiger partial charge < -0.3 is 9.88 Å². The lowest BCUT2D eigenvalue weighted by atomic mass is 10.1. The van der Waals surface area contributed by atoms with E-state index in [1.54, 1.807) is 24.7 Å². The Bertz CT molecular complexity index is 1040. The van der Waals surface area contributed by atoms with Crippen LogP contribution in [0.4, 0.5) is 5.69 Å².